The SMILES string of the molecule is COc1ccc2c(=O)oc3cc(C(C)(C)C(=O)OCCCCCO[N+](=O)[O-])cc(OC(=O)C=CC(=O)O)c3c2c1. The summed E-state index contributed by atoms with van der Waals surface area (Å²) in [6.45, 7) is 3.13. The van der Waals surface area contributed by atoms with Crippen LogP contribution in [0.2, 0.25) is 0 Å². The van der Waals surface area contributed by atoms with Crippen LogP contribution in [0.4, 0.5) is 0 Å². The first-order valence-electron chi connectivity index (χ1n) is 12.1. The Morgan fingerprint density at radius 3 is 2.45 bits per heavy atom. The lowest BCUT2D eigenvalue weighted by Gasteiger charge is -2.24. The van der Waals surface area contributed by atoms with Gasteiger partial charge in [0.2, 0.25) is 0 Å². The molecule has 0 spiro atoms. The molecular weight excluding hydrogens is 530 g/mol. The van der Waals surface area contributed by atoms with Crippen LogP contribution in [-0.2, 0) is 29.4 Å². The first-order chi connectivity index (χ1) is 18.9. The number of benzene rings is 2. The fraction of sp³-hybridized carbons (Fsp3) is 0.333. The van der Waals surface area contributed by atoms with Crippen LogP contribution in [0.3, 0.4) is 0 Å². The molecule has 0 atom stereocenters. The Balaban J connectivity index is 1.99. The molecule has 1 heterocycles. The van der Waals surface area contributed by atoms with Crippen molar-refractivity contribution in [1.29, 1.82) is 0 Å². The number of carboxylic acids is 1. The fourth-order valence-corrected chi connectivity index (χ4v) is 3.83. The molecule has 0 radical (unpaired) electrons. The summed E-state index contributed by atoms with van der Waals surface area (Å²) in [7, 11) is 1.44. The van der Waals surface area contributed by atoms with Crippen molar-refractivity contribution in [1.82, 2.24) is 0 Å². The second-order valence-electron chi connectivity index (χ2n) is 9.12. The van der Waals surface area contributed by atoms with Crippen LogP contribution in [-0.4, -0.2) is 48.4 Å². The number of hydrogen-bond acceptors (Lipinski definition) is 11. The van der Waals surface area contributed by atoms with E-state index in [1.807, 2.05) is 0 Å². The molecule has 0 bridgehead atoms. The monoisotopic (exact) mass is 557 g/mol. The predicted molar refractivity (Wildman–Crippen MR) is 140 cm³/mol. The third-order valence-corrected chi connectivity index (χ3v) is 6.01. The van der Waals surface area contributed by atoms with E-state index in [0.717, 1.165) is 6.08 Å². The average molecular weight is 558 g/mol. The van der Waals surface area contributed by atoms with Gasteiger partial charge in [-0.15, -0.1) is 10.1 Å². The van der Waals surface area contributed by atoms with Gasteiger partial charge in [0.15, 0.2) is 0 Å². The number of rotatable bonds is 13. The maximum Gasteiger partial charge on any atom is 0.344 e. The summed E-state index contributed by atoms with van der Waals surface area (Å²) in [6, 6.07) is 7.51. The number of esters is 2. The molecule has 0 saturated carbocycles. The van der Waals surface area contributed by atoms with E-state index in [1.165, 1.54) is 25.3 Å². The molecular formula is C27H27NO12. The molecule has 3 aromatic rings. The third kappa shape index (κ3) is 7.12. The number of ether oxygens (including phenoxy) is 3. The topological polar surface area (TPSA) is 182 Å². The highest BCUT2D eigenvalue weighted by molar-refractivity contribution is 6.09. The van der Waals surface area contributed by atoms with Crippen molar-refractivity contribution in [3.63, 3.8) is 0 Å². The van der Waals surface area contributed by atoms with Crippen molar-refractivity contribution in [2.45, 2.75) is 38.5 Å². The maximum atomic E-state index is 13.0. The van der Waals surface area contributed by atoms with E-state index in [2.05, 4.69) is 4.84 Å². The third-order valence-electron chi connectivity index (χ3n) is 6.01. The van der Waals surface area contributed by atoms with E-state index in [9.17, 15) is 29.3 Å². The number of carbonyl (C=O) groups excluding carboxylic acids is 2. The number of methoxy groups -OCH3 is 1. The zero-order valence-corrected chi connectivity index (χ0v) is 22.0. The summed E-state index contributed by atoms with van der Waals surface area (Å²) in [4.78, 5) is 63.5. The lowest BCUT2D eigenvalue weighted by atomic mass is 9.84. The van der Waals surface area contributed by atoms with E-state index in [-0.39, 0.29) is 35.3 Å². The number of aliphatic carboxylic acids is 1. The lowest BCUT2D eigenvalue weighted by molar-refractivity contribution is -0.757. The zero-order valence-electron chi connectivity index (χ0n) is 22.0. The second-order valence-corrected chi connectivity index (χ2v) is 9.12. The van der Waals surface area contributed by atoms with Crippen molar-refractivity contribution in [2.24, 2.45) is 0 Å². The Morgan fingerprint density at radius 1 is 1.05 bits per heavy atom. The summed E-state index contributed by atoms with van der Waals surface area (Å²) < 4.78 is 21.7. The zero-order chi connectivity index (χ0) is 29.4. The van der Waals surface area contributed by atoms with Gasteiger partial charge in [0.25, 0.3) is 5.09 Å². The number of unbranched alkanes of at least 4 members (excludes halogenated alkanes) is 2. The van der Waals surface area contributed by atoms with Crippen LogP contribution in [0.5, 0.6) is 11.5 Å². The molecule has 0 aliphatic rings. The molecule has 1 N–H and O–H groups in total. The van der Waals surface area contributed by atoms with Gasteiger partial charge < -0.3 is 28.6 Å². The van der Waals surface area contributed by atoms with E-state index >= 15 is 0 Å². The highest BCUT2D eigenvalue weighted by Gasteiger charge is 2.33. The maximum absolute atomic E-state index is 13.0. The van der Waals surface area contributed by atoms with Gasteiger partial charge in [-0.25, -0.2) is 14.4 Å². The second kappa shape index (κ2) is 12.7. The minimum Gasteiger partial charge on any atom is -0.497 e. The van der Waals surface area contributed by atoms with Crippen molar-refractivity contribution in [3.8, 4) is 11.5 Å². The number of carbonyl (C=O) groups is 3. The summed E-state index contributed by atoms with van der Waals surface area (Å²) in [5.74, 6) is -2.65. The molecule has 0 unspecified atom stereocenters. The number of carboxylic acid groups (broad SMARTS) is 1. The number of hydrogen-bond donors (Lipinski definition) is 1. The average Bonchev–Trinajstić information content (AvgIpc) is 2.90. The Labute approximate surface area is 227 Å². The van der Waals surface area contributed by atoms with Gasteiger partial charge in [-0.3, -0.25) is 4.79 Å². The van der Waals surface area contributed by atoms with E-state index in [4.69, 9.17) is 23.7 Å². The molecule has 0 aliphatic carbocycles. The normalized spacial score (nSPS) is 11.5. The smallest absolute Gasteiger partial charge is 0.344 e. The first-order valence-corrected chi connectivity index (χ1v) is 12.1. The largest absolute Gasteiger partial charge is 0.497 e. The highest BCUT2D eigenvalue weighted by atomic mass is 16.9. The quantitative estimate of drug-likeness (QED) is 0.0471. The van der Waals surface area contributed by atoms with Gasteiger partial charge >= 0.3 is 23.5 Å². The standard InChI is InChI=1S/C27H27NO12/c1-27(2,26(33)37-11-5-4-6-12-38-28(34)35)16-13-20(39-23(31)10-9-22(29)30)24-19-15-17(36-3)7-8-18(19)25(32)40-21(24)14-16/h7-10,13-15H,4-6,11-12H2,1-3H3,(H,29,30). The number of fused-ring (bicyclic) bond motifs is 3. The molecule has 13 nitrogen and oxygen atoms in total. The van der Waals surface area contributed by atoms with Crippen molar-refractivity contribution >= 4 is 39.6 Å². The van der Waals surface area contributed by atoms with Gasteiger partial charge in [0.05, 0.1) is 36.5 Å². The van der Waals surface area contributed by atoms with Crippen LogP contribution in [0, 0.1) is 10.1 Å². The lowest BCUT2D eigenvalue weighted by Crippen LogP contribution is -2.31. The van der Waals surface area contributed by atoms with Crippen molar-refractivity contribution in [3.05, 3.63) is 68.6 Å². The summed E-state index contributed by atoms with van der Waals surface area (Å²) in [5, 5.41) is 18.9. The van der Waals surface area contributed by atoms with E-state index in [1.54, 1.807) is 26.0 Å². The molecule has 40 heavy (non-hydrogen) atoms. The molecule has 0 fully saturated rings. The van der Waals surface area contributed by atoms with Crippen LogP contribution >= 0.6 is 0 Å². The summed E-state index contributed by atoms with van der Waals surface area (Å²) in [6.07, 6.45) is 2.72. The Kier molecular flexibility index (Phi) is 9.43. The Bertz CT molecular complexity index is 1540. The van der Waals surface area contributed by atoms with Crippen molar-refractivity contribution in [2.75, 3.05) is 20.3 Å². The minimum absolute atomic E-state index is 0.0138. The predicted octanol–water partition coefficient (Wildman–Crippen LogP) is 3.70. The molecule has 3 rings (SSSR count). The van der Waals surface area contributed by atoms with Gasteiger partial charge in [-0.1, -0.05) is 0 Å². The molecule has 2 aromatic carbocycles. The Morgan fingerprint density at radius 2 is 1.77 bits per heavy atom. The summed E-state index contributed by atoms with van der Waals surface area (Å²) >= 11 is 0. The fourth-order valence-electron chi connectivity index (χ4n) is 3.83. The van der Waals surface area contributed by atoms with Gasteiger partial charge in [0, 0.05) is 17.5 Å². The van der Waals surface area contributed by atoms with E-state index in [0.29, 0.717) is 42.0 Å². The molecule has 0 saturated heterocycles. The van der Waals surface area contributed by atoms with Crippen LogP contribution in [0.25, 0.3) is 21.7 Å². The summed E-state index contributed by atoms with van der Waals surface area (Å²) in [5.41, 5.74) is -1.67. The van der Waals surface area contributed by atoms with Crippen molar-refractivity contribution < 1.29 is 48.0 Å². The van der Waals surface area contributed by atoms with Gasteiger partial charge in [0.1, 0.15) is 17.1 Å². The first kappa shape index (κ1) is 29.6. The molecule has 1 aromatic heterocycles. The number of nitrogens with zero attached hydrogens (tertiary/aromatic N) is 1. The molecule has 13 heteroatoms. The highest BCUT2D eigenvalue weighted by Crippen LogP contribution is 2.38. The molecule has 0 aliphatic heterocycles. The van der Waals surface area contributed by atoms with Crippen LogP contribution in [0.15, 0.2) is 51.7 Å². The van der Waals surface area contributed by atoms with Gasteiger partial charge in [-0.2, -0.15) is 0 Å². The molecule has 0 amide bonds. The van der Waals surface area contributed by atoms with Crippen LogP contribution < -0.4 is 15.1 Å². The van der Waals surface area contributed by atoms with Gasteiger partial charge in [-0.05, 0) is 69.0 Å². The minimum atomic E-state index is -1.36. The molecule has 212 valence electrons. The van der Waals surface area contributed by atoms with Crippen LogP contribution in [0.1, 0.15) is 38.7 Å². The Hall–Kier alpha value is -4.94. The van der Waals surface area contributed by atoms with E-state index < -0.39 is 34.0 Å².